The number of hydrogen-bond acceptors (Lipinski definition) is 4. The first-order valence-electron chi connectivity index (χ1n) is 11.4. The van der Waals surface area contributed by atoms with Crippen molar-refractivity contribution in [1.29, 1.82) is 0 Å². The van der Waals surface area contributed by atoms with Crippen LogP contribution in [0.5, 0.6) is 5.88 Å². The second kappa shape index (κ2) is 10.6. The maximum Gasteiger partial charge on any atom is 0.230 e. The van der Waals surface area contributed by atoms with Crippen LogP contribution in [-0.2, 0) is 11.3 Å². The van der Waals surface area contributed by atoms with Crippen molar-refractivity contribution in [2.24, 2.45) is 10.4 Å². The van der Waals surface area contributed by atoms with Gasteiger partial charge in [-0.2, -0.15) is 0 Å². The third-order valence-electron chi connectivity index (χ3n) is 6.17. The summed E-state index contributed by atoms with van der Waals surface area (Å²) >= 11 is 0. The van der Waals surface area contributed by atoms with Crippen molar-refractivity contribution >= 4 is 11.9 Å². The van der Waals surface area contributed by atoms with E-state index in [0.717, 1.165) is 56.6 Å². The molecular weight excluding hydrogens is 378 g/mol. The summed E-state index contributed by atoms with van der Waals surface area (Å²) in [6.45, 7) is 3.97. The molecule has 7 nitrogen and oxygen atoms in total. The van der Waals surface area contributed by atoms with Gasteiger partial charge in [-0.1, -0.05) is 12.8 Å². The number of carbonyl (C=O) groups excluding carboxylic acids is 1. The minimum atomic E-state index is -0.321. The number of nitrogens with zero attached hydrogens (tertiary/aromatic N) is 3. The molecule has 1 aromatic heterocycles. The van der Waals surface area contributed by atoms with Gasteiger partial charge in [0.15, 0.2) is 5.96 Å². The van der Waals surface area contributed by atoms with Gasteiger partial charge in [-0.05, 0) is 57.1 Å². The lowest BCUT2D eigenvalue weighted by Crippen LogP contribution is -2.49. The molecule has 1 amide bonds. The molecule has 1 heterocycles. The zero-order chi connectivity index (χ0) is 21.4. The second-order valence-corrected chi connectivity index (χ2v) is 8.76. The predicted molar refractivity (Wildman–Crippen MR) is 120 cm³/mol. The number of amides is 1. The van der Waals surface area contributed by atoms with Gasteiger partial charge in [0.2, 0.25) is 11.8 Å². The molecule has 2 fully saturated rings. The smallest absolute Gasteiger partial charge is 0.230 e. The minimum absolute atomic E-state index is 0.214. The topological polar surface area (TPSA) is 78.9 Å². The molecule has 3 rings (SSSR count). The van der Waals surface area contributed by atoms with Crippen LogP contribution in [0.2, 0.25) is 0 Å². The molecule has 1 aromatic rings. The van der Waals surface area contributed by atoms with Crippen LogP contribution in [0.3, 0.4) is 0 Å². The number of rotatable bonds is 8. The second-order valence-electron chi connectivity index (χ2n) is 8.76. The Balaban J connectivity index is 1.62. The van der Waals surface area contributed by atoms with Gasteiger partial charge in [0.05, 0.1) is 12.0 Å². The molecule has 2 aliphatic carbocycles. The lowest BCUT2D eigenvalue weighted by Gasteiger charge is -2.31. The Morgan fingerprint density at radius 1 is 1.23 bits per heavy atom. The summed E-state index contributed by atoms with van der Waals surface area (Å²) in [5.41, 5.74) is 0.744. The van der Waals surface area contributed by atoms with Crippen LogP contribution in [0.25, 0.3) is 0 Å². The minimum Gasteiger partial charge on any atom is -0.474 e. The standard InChI is InChI=1S/C23H37N5O2/c1-4-24-22(27-17-23(12-7-8-13-23)21(29)28(2)3)26-16-18-11-14-25-20(15-18)30-19-9-5-6-10-19/h11,14-15,19H,4-10,12-13,16-17H2,1-3H3,(H2,24,26,27). The first-order chi connectivity index (χ1) is 14.5. The Morgan fingerprint density at radius 3 is 2.63 bits per heavy atom. The average molecular weight is 416 g/mol. The summed E-state index contributed by atoms with van der Waals surface area (Å²) in [5, 5.41) is 6.73. The van der Waals surface area contributed by atoms with Crippen LogP contribution in [0.15, 0.2) is 23.3 Å². The molecule has 30 heavy (non-hydrogen) atoms. The van der Waals surface area contributed by atoms with Crippen molar-refractivity contribution in [1.82, 2.24) is 20.5 Å². The Morgan fingerprint density at radius 2 is 1.97 bits per heavy atom. The zero-order valence-electron chi connectivity index (χ0n) is 18.7. The van der Waals surface area contributed by atoms with Gasteiger partial charge in [0.25, 0.3) is 0 Å². The molecule has 0 bridgehead atoms. The first kappa shape index (κ1) is 22.4. The third-order valence-corrected chi connectivity index (χ3v) is 6.17. The van der Waals surface area contributed by atoms with E-state index in [4.69, 9.17) is 9.73 Å². The third kappa shape index (κ3) is 5.86. The fraction of sp³-hybridized carbons (Fsp3) is 0.696. The maximum atomic E-state index is 12.8. The Bertz CT molecular complexity index is 722. The van der Waals surface area contributed by atoms with E-state index in [0.29, 0.717) is 25.1 Å². The fourth-order valence-electron chi connectivity index (χ4n) is 4.55. The van der Waals surface area contributed by atoms with Crippen LogP contribution < -0.4 is 15.4 Å². The Labute approximate surface area is 180 Å². The lowest BCUT2D eigenvalue weighted by molar-refractivity contribution is -0.138. The van der Waals surface area contributed by atoms with E-state index in [1.165, 1.54) is 12.8 Å². The van der Waals surface area contributed by atoms with Gasteiger partial charge in [-0.25, -0.2) is 9.98 Å². The molecule has 7 heteroatoms. The van der Waals surface area contributed by atoms with Gasteiger partial charge < -0.3 is 20.3 Å². The maximum absolute atomic E-state index is 12.8. The van der Waals surface area contributed by atoms with Crippen molar-refractivity contribution in [3.63, 3.8) is 0 Å². The molecule has 2 saturated carbocycles. The number of ether oxygens (including phenoxy) is 1. The quantitative estimate of drug-likeness (QED) is 0.504. The number of hydrogen-bond donors (Lipinski definition) is 2. The average Bonchev–Trinajstić information content (AvgIpc) is 3.42. The predicted octanol–water partition coefficient (Wildman–Crippen LogP) is 3.11. The highest BCUT2D eigenvalue weighted by Crippen LogP contribution is 2.38. The summed E-state index contributed by atoms with van der Waals surface area (Å²) in [4.78, 5) is 23.6. The van der Waals surface area contributed by atoms with E-state index in [1.807, 2.05) is 33.2 Å². The van der Waals surface area contributed by atoms with Gasteiger partial charge >= 0.3 is 0 Å². The van der Waals surface area contributed by atoms with Crippen LogP contribution in [0.4, 0.5) is 0 Å². The Hall–Kier alpha value is -2.31. The first-order valence-corrected chi connectivity index (χ1v) is 11.4. The van der Waals surface area contributed by atoms with Crippen LogP contribution in [0.1, 0.15) is 63.9 Å². The molecule has 2 N–H and O–H groups in total. The van der Waals surface area contributed by atoms with Crippen molar-refractivity contribution < 1.29 is 9.53 Å². The van der Waals surface area contributed by atoms with Crippen molar-refractivity contribution in [2.75, 3.05) is 27.2 Å². The monoisotopic (exact) mass is 415 g/mol. The van der Waals surface area contributed by atoms with E-state index in [1.54, 1.807) is 11.1 Å². The molecule has 0 spiro atoms. The van der Waals surface area contributed by atoms with Crippen LogP contribution in [0, 0.1) is 5.41 Å². The van der Waals surface area contributed by atoms with Crippen molar-refractivity contribution in [3.8, 4) is 5.88 Å². The molecule has 166 valence electrons. The summed E-state index contributed by atoms with van der Waals surface area (Å²) in [5.74, 6) is 1.64. The summed E-state index contributed by atoms with van der Waals surface area (Å²) in [6, 6.07) is 3.96. The fourth-order valence-corrected chi connectivity index (χ4v) is 4.55. The largest absolute Gasteiger partial charge is 0.474 e. The molecule has 0 aliphatic heterocycles. The number of aliphatic imine (C=N–C) groups is 1. The van der Waals surface area contributed by atoms with Gasteiger partial charge in [-0.15, -0.1) is 0 Å². The number of aromatic nitrogens is 1. The van der Waals surface area contributed by atoms with E-state index >= 15 is 0 Å². The summed E-state index contributed by atoms with van der Waals surface area (Å²) in [7, 11) is 3.69. The summed E-state index contributed by atoms with van der Waals surface area (Å²) < 4.78 is 6.01. The molecule has 0 radical (unpaired) electrons. The molecular formula is C23H37N5O2. The molecule has 0 atom stereocenters. The number of carbonyl (C=O) groups is 1. The number of nitrogens with one attached hydrogen (secondary N) is 2. The summed E-state index contributed by atoms with van der Waals surface area (Å²) in [6.07, 6.45) is 10.9. The number of guanidine groups is 1. The van der Waals surface area contributed by atoms with Crippen LogP contribution in [-0.4, -0.2) is 55.0 Å². The molecule has 0 saturated heterocycles. The highest BCUT2D eigenvalue weighted by Gasteiger charge is 2.42. The van der Waals surface area contributed by atoms with E-state index in [-0.39, 0.29) is 11.3 Å². The van der Waals surface area contributed by atoms with E-state index < -0.39 is 0 Å². The van der Waals surface area contributed by atoms with Crippen molar-refractivity contribution in [2.45, 2.75) is 70.9 Å². The number of pyridine rings is 1. The van der Waals surface area contributed by atoms with Gasteiger partial charge in [0, 0.05) is 39.4 Å². The van der Waals surface area contributed by atoms with E-state index in [9.17, 15) is 4.79 Å². The molecule has 0 aromatic carbocycles. The molecule has 2 aliphatic rings. The highest BCUT2D eigenvalue weighted by molar-refractivity contribution is 5.85. The Kier molecular flexibility index (Phi) is 7.94. The van der Waals surface area contributed by atoms with Gasteiger partial charge in [0.1, 0.15) is 6.10 Å². The van der Waals surface area contributed by atoms with Gasteiger partial charge in [-0.3, -0.25) is 4.79 Å². The van der Waals surface area contributed by atoms with Crippen molar-refractivity contribution in [3.05, 3.63) is 23.9 Å². The van der Waals surface area contributed by atoms with E-state index in [2.05, 4.69) is 15.6 Å². The lowest BCUT2D eigenvalue weighted by atomic mass is 9.84. The van der Waals surface area contributed by atoms with Crippen LogP contribution >= 0.6 is 0 Å². The zero-order valence-corrected chi connectivity index (χ0v) is 18.7. The highest BCUT2D eigenvalue weighted by atomic mass is 16.5. The molecule has 0 unspecified atom stereocenters. The SMILES string of the molecule is CCNC(=NCc1ccnc(OC2CCCC2)c1)NCC1(C(=O)N(C)C)CCCC1. The normalized spacial score (nSPS) is 19.0.